The Kier molecular flexibility index (Phi) is 9.28. The fourth-order valence-electron chi connectivity index (χ4n) is 3.97. The number of aromatic amines is 1. The average Bonchev–Trinajstić information content (AvgIpc) is 3.27. The number of aromatic nitrogens is 3. The number of nitriles is 1. The lowest BCUT2D eigenvalue weighted by Crippen LogP contribution is -2.52. The number of carbonyl (C=O) groups is 4. The van der Waals surface area contributed by atoms with Gasteiger partial charge in [-0.2, -0.15) is 5.26 Å². The summed E-state index contributed by atoms with van der Waals surface area (Å²) >= 11 is 0. The molecule has 14 nitrogen and oxygen atoms in total. The predicted molar refractivity (Wildman–Crippen MR) is 124 cm³/mol. The van der Waals surface area contributed by atoms with Gasteiger partial charge >= 0.3 is 17.9 Å². The zero-order valence-corrected chi connectivity index (χ0v) is 19.8. The molecule has 0 spiro atoms. The van der Waals surface area contributed by atoms with E-state index in [-0.39, 0.29) is 18.4 Å². The molecule has 14 heteroatoms. The van der Waals surface area contributed by atoms with Crippen molar-refractivity contribution in [2.45, 2.75) is 44.2 Å². The topological polar surface area (TPSA) is 221 Å². The number of aliphatic carboxylic acids is 3. The Bertz CT molecular complexity index is 1140. The van der Waals surface area contributed by atoms with Crippen molar-refractivity contribution >= 4 is 40.7 Å². The lowest BCUT2D eigenvalue weighted by molar-refractivity contribution is -0.170. The van der Waals surface area contributed by atoms with E-state index in [2.05, 4.69) is 26.8 Å². The minimum Gasteiger partial charge on any atom is -0.481 e. The predicted octanol–water partition coefficient (Wildman–Crippen LogP) is 0.296. The van der Waals surface area contributed by atoms with Gasteiger partial charge in [-0.1, -0.05) is 6.92 Å². The summed E-state index contributed by atoms with van der Waals surface area (Å²) in [7, 11) is 2.01. The molecule has 5 N–H and O–H groups in total. The van der Waals surface area contributed by atoms with E-state index >= 15 is 0 Å². The van der Waals surface area contributed by atoms with Crippen LogP contribution in [0.15, 0.2) is 18.6 Å². The molecule has 1 saturated heterocycles. The van der Waals surface area contributed by atoms with Gasteiger partial charge in [0.05, 0.1) is 30.3 Å². The number of carboxylic acids is 3. The smallest absolute Gasteiger partial charge is 0.336 e. The second-order valence-corrected chi connectivity index (χ2v) is 8.53. The molecule has 1 aliphatic rings. The van der Waals surface area contributed by atoms with Crippen LogP contribution in [0.4, 0.5) is 5.82 Å². The molecule has 2 aromatic rings. The Morgan fingerprint density at radius 1 is 1.22 bits per heavy atom. The van der Waals surface area contributed by atoms with Crippen LogP contribution in [0.5, 0.6) is 0 Å². The number of likely N-dealkylation sites (tertiary alicyclic amines) is 1. The van der Waals surface area contributed by atoms with Gasteiger partial charge in [0, 0.05) is 26.3 Å². The fourth-order valence-corrected chi connectivity index (χ4v) is 3.97. The number of hydrogen-bond acceptors (Lipinski definition) is 9. The first-order valence-electron chi connectivity index (χ1n) is 10.9. The van der Waals surface area contributed by atoms with E-state index in [0.717, 1.165) is 29.8 Å². The molecule has 36 heavy (non-hydrogen) atoms. The number of carboxylic acid groups (broad SMARTS) is 3. The van der Waals surface area contributed by atoms with Crippen LogP contribution in [0, 0.1) is 17.2 Å². The number of H-pyrrole nitrogens is 1. The highest BCUT2D eigenvalue weighted by molar-refractivity contribution is 5.88. The van der Waals surface area contributed by atoms with Crippen LogP contribution >= 0.6 is 0 Å². The monoisotopic (exact) mass is 504 g/mol. The summed E-state index contributed by atoms with van der Waals surface area (Å²) in [5, 5.41) is 43.5. The number of carbonyl (C=O) groups excluding carboxylic acids is 1. The molecule has 1 amide bonds. The lowest BCUT2D eigenvalue weighted by Gasteiger charge is -2.42. The summed E-state index contributed by atoms with van der Waals surface area (Å²) in [6, 6.07) is 4.07. The summed E-state index contributed by atoms with van der Waals surface area (Å²) in [6.07, 6.45) is 1.98. The van der Waals surface area contributed by atoms with Crippen molar-refractivity contribution in [2.75, 3.05) is 25.0 Å². The number of anilines is 1. The van der Waals surface area contributed by atoms with Gasteiger partial charge < -0.3 is 35.2 Å². The van der Waals surface area contributed by atoms with Gasteiger partial charge in [-0.25, -0.2) is 14.8 Å². The Morgan fingerprint density at radius 2 is 1.86 bits per heavy atom. The maximum atomic E-state index is 12.0. The van der Waals surface area contributed by atoms with E-state index < -0.39 is 36.4 Å². The van der Waals surface area contributed by atoms with E-state index in [0.29, 0.717) is 12.5 Å². The summed E-state index contributed by atoms with van der Waals surface area (Å²) < 4.78 is 0. The van der Waals surface area contributed by atoms with Gasteiger partial charge in [-0.05, 0) is 18.4 Å². The first kappa shape index (κ1) is 28.0. The van der Waals surface area contributed by atoms with Crippen molar-refractivity contribution in [3.05, 3.63) is 18.6 Å². The first-order chi connectivity index (χ1) is 16.9. The number of likely N-dealkylation sites (N-methyl/N-ethyl adjacent to an activating group) is 1. The van der Waals surface area contributed by atoms with Crippen molar-refractivity contribution < 1.29 is 39.6 Å². The number of aliphatic hydroxyl groups is 1. The van der Waals surface area contributed by atoms with E-state index in [1.807, 2.05) is 25.4 Å². The quantitative estimate of drug-likeness (QED) is 0.327. The van der Waals surface area contributed by atoms with E-state index in [1.54, 1.807) is 11.2 Å². The molecule has 1 fully saturated rings. The molecule has 3 rings (SSSR count). The minimum atomic E-state index is -2.74. The molecule has 0 aliphatic carbocycles. The largest absolute Gasteiger partial charge is 0.481 e. The third-order valence-electron chi connectivity index (χ3n) is 5.95. The third-order valence-corrected chi connectivity index (χ3v) is 5.95. The Balaban J connectivity index is 0.000000302. The second-order valence-electron chi connectivity index (χ2n) is 8.53. The van der Waals surface area contributed by atoms with Crippen molar-refractivity contribution in [1.82, 2.24) is 19.9 Å². The Labute approximate surface area is 205 Å². The van der Waals surface area contributed by atoms with Gasteiger partial charge in [0.25, 0.3) is 0 Å². The van der Waals surface area contributed by atoms with Crippen molar-refractivity contribution in [3.63, 3.8) is 0 Å². The van der Waals surface area contributed by atoms with Gasteiger partial charge in [0.2, 0.25) is 5.91 Å². The molecular formula is C22H28N6O8. The van der Waals surface area contributed by atoms with Crippen LogP contribution in [-0.4, -0.2) is 95.9 Å². The van der Waals surface area contributed by atoms with Crippen LogP contribution in [0.3, 0.4) is 0 Å². The molecule has 1 aliphatic heterocycles. The number of fused-ring (bicyclic) bond motifs is 1. The van der Waals surface area contributed by atoms with E-state index in [9.17, 15) is 19.2 Å². The van der Waals surface area contributed by atoms with Gasteiger partial charge in [-0.3, -0.25) is 14.4 Å². The summed E-state index contributed by atoms with van der Waals surface area (Å²) in [5.41, 5.74) is -1.93. The molecule has 2 aromatic heterocycles. The molecule has 0 bridgehead atoms. The molecule has 194 valence electrons. The number of nitrogens with zero attached hydrogens (tertiary/aromatic N) is 5. The fraction of sp³-hybridized carbons (Fsp3) is 0.500. The SMILES string of the molecule is C[C@H]1CCN(C(=O)CC#N)C[C@H]1N(C)c1ncnc2[nH]ccc12.O=C(O)CC(O)(CC(=O)O)C(=O)O. The molecule has 0 aromatic carbocycles. The zero-order valence-electron chi connectivity index (χ0n) is 19.8. The number of hydrogen-bond donors (Lipinski definition) is 5. The average molecular weight is 505 g/mol. The maximum absolute atomic E-state index is 12.0. The van der Waals surface area contributed by atoms with Crippen LogP contribution < -0.4 is 4.90 Å². The van der Waals surface area contributed by atoms with Crippen LogP contribution in [-0.2, 0) is 19.2 Å². The van der Waals surface area contributed by atoms with Crippen molar-refractivity contribution in [1.29, 1.82) is 5.26 Å². The highest BCUT2D eigenvalue weighted by Gasteiger charge is 2.40. The zero-order chi connectivity index (χ0) is 27.0. The first-order valence-corrected chi connectivity index (χ1v) is 10.9. The molecular weight excluding hydrogens is 476 g/mol. The minimum absolute atomic E-state index is 0.0552. The normalized spacial score (nSPS) is 17.4. The number of rotatable bonds is 8. The Morgan fingerprint density at radius 3 is 2.42 bits per heavy atom. The molecule has 0 unspecified atom stereocenters. The Hall–Kier alpha value is -4.25. The lowest BCUT2D eigenvalue weighted by atomic mass is 9.92. The van der Waals surface area contributed by atoms with Crippen molar-refractivity contribution in [3.8, 4) is 6.07 Å². The highest BCUT2D eigenvalue weighted by atomic mass is 16.4. The second kappa shape index (κ2) is 11.9. The van der Waals surface area contributed by atoms with E-state index in [4.69, 9.17) is 25.7 Å². The molecule has 0 radical (unpaired) electrons. The number of piperidine rings is 1. The number of nitrogens with one attached hydrogen (secondary N) is 1. The maximum Gasteiger partial charge on any atom is 0.336 e. The summed E-state index contributed by atoms with van der Waals surface area (Å²) in [4.78, 5) is 58.2. The molecule has 0 saturated carbocycles. The van der Waals surface area contributed by atoms with E-state index in [1.165, 1.54) is 0 Å². The van der Waals surface area contributed by atoms with Gasteiger partial charge in [0.1, 0.15) is 24.2 Å². The van der Waals surface area contributed by atoms with Crippen LogP contribution in [0.2, 0.25) is 0 Å². The van der Waals surface area contributed by atoms with Crippen molar-refractivity contribution in [2.24, 2.45) is 5.92 Å². The highest BCUT2D eigenvalue weighted by Crippen LogP contribution is 2.28. The standard InChI is InChI=1S/C16H20N6O.C6H8O7/c1-11-5-8-22(14(23)3-6-17)9-13(11)21(2)16-12-4-7-18-15(12)19-10-20-16;7-3(8)1-6(13,5(11)12)2-4(9)10/h4,7,10-11,13H,3,5,8-9H2,1-2H3,(H,18,19,20);13H,1-2H2,(H,7,8)(H,9,10)(H,11,12)/t11-,13+;/m0./s1. The van der Waals surface area contributed by atoms with Gasteiger partial charge in [0.15, 0.2) is 5.60 Å². The number of amides is 1. The summed E-state index contributed by atoms with van der Waals surface area (Å²) in [5.74, 6) is -3.81. The van der Waals surface area contributed by atoms with Gasteiger partial charge in [-0.15, -0.1) is 0 Å². The van der Waals surface area contributed by atoms with Crippen LogP contribution in [0.1, 0.15) is 32.6 Å². The summed E-state index contributed by atoms with van der Waals surface area (Å²) in [6.45, 7) is 3.53. The molecule has 3 heterocycles. The molecule has 2 atom stereocenters. The van der Waals surface area contributed by atoms with Crippen LogP contribution in [0.25, 0.3) is 11.0 Å². The third kappa shape index (κ3) is 6.89.